The Morgan fingerprint density at radius 1 is 1.09 bits per heavy atom. The van der Waals surface area contributed by atoms with Crippen LogP contribution >= 0.6 is 11.3 Å². The zero-order chi connectivity index (χ0) is 15.2. The van der Waals surface area contributed by atoms with E-state index in [4.69, 9.17) is 0 Å². The van der Waals surface area contributed by atoms with E-state index in [1.165, 1.54) is 23.3 Å². The first-order valence-corrected chi connectivity index (χ1v) is 8.69. The van der Waals surface area contributed by atoms with Crippen molar-refractivity contribution in [2.75, 3.05) is 11.9 Å². The molecule has 0 aliphatic rings. The molecular weight excluding hydrogens is 290 g/mol. The molecule has 3 rings (SSSR count). The first kappa shape index (κ1) is 15.0. The lowest BCUT2D eigenvalue weighted by Crippen LogP contribution is -2.06. The first-order valence-electron chi connectivity index (χ1n) is 7.88. The molecule has 3 aromatic rings. The van der Waals surface area contributed by atoms with Gasteiger partial charge in [-0.05, 0) is 30.9 Å². The number of hydrogen-bond donors (Lipinski definition) is 1. The molecule has 22 heavy (non-hydrogen) atoms. The highest BCUT2D eigenvalue weighted by Crippen LogP contribution is 2.29. The standard InChI is InChI=1S/C18H21N3S/c1-2-3-9-15-12-16-17(20-13-21-18(16)22-15)19-11-10-14-7-5-4-6-8-14/h4-8,12-13H,2-3,9-11H2,1H3,(H,19,20,21). The summed E-state index contributed by atoms with van der Waals surface area (Å²) in [7, 11) is 0. The fourth-order valence-electron chi connectivity index (χ4n) is 2.49. The third-order valence-corrected chi connectivity index (χ3v) is 4.81. The molecule has 1 N–H and O–H groups in total. The molecule has 0 fully saturated rings. The summed E-state index contributed by atoms with van der Waals surface area (Å²) in [6, 6.07) is 12.8. The van der Waals surface area contributed by atoms with Gasteiger partial charge in [-0.25, -0.2) is 9.97 Å². The van der Waals surface area contributed by atoms with Gasteiger partial charge >= 0.3 is 0 Å². The number of hydrogen-bond acceptors (Lipinski definition) is 4. The molecule has 0 atom stereocenters. The third-order valence-electron chi connectivity index (χ3n) is 3.71. The largest absolute Gasteiger partial charge is 0.369 e. The number of nitrogens with zero attached hydrogens (tertiary/aromatic N) is 2. The number of anilines is 1. The zero-order valence-corrected chi connectivity index (χ0v) is 13.7. The van der Waals surface area contributed by atoms with Crippen molar-refractivity contribution < 1.29 is 0 Å². The number of unbranched alkanes of at least 4 members (excludes halogenated alkanes) is 1. The Labute approximate surface area is 135 Å². The second-order valence-electron chi connectivity index (χ2n) is 5.42. The lowest BCUT2D eigenvalue weighted by Gasteiger charge is -2.06. The van der Waals surface area contributed by atoms with E-state index >= 15 is 0 Å². The van der Waals surface area contributed by atoms with Gasteiger partial charge in [-0.2, -0.15) is 0 Å². The van der Waals surface area contributed by atoms with Crippen LogP contribution in [0.15, 0.2) is 42.7 Å². The summed E-state index contributed by atoms with van der Waals surface area (Å²) in [6.45, 7) is 3.11. The van der Waals surface area contributed by atoms with Crippen molar-refractivity contribution in [2.24, 2.45) is 0 Å². The second-order valence-corrected chi connectivity index (χ2v) is 6.53. The van der Waals surface area contributed by atoms with Crippen molar-refractivity contribution in [2.45, 2.75) is 32.6 Å². The van der Waals surface area contributed by atoms with Crippen LogP contribution in [0, 0.1) is 0 Å². The first-order chi connectivity index (χ1) is 10.9. The quantitative estimate of drug-likeness (QED) is 0.688. The van der Waals surface area contributed by atoms with Crippen molar-refractivity contribution in [3.63, 3.8) is 0 Å². The molecule has 0 bridgehead atoms. The van der Waals surface area contributed by atoms with E-state index in [1.54, 1.807) is 17.7 Å². The van der Waals surface area contributed by atoms with E-state index in [-0.39, 0.29) is 0 Å². The summed E-state index contributed by atoms with van der Waals surface area (Å²) in [6.07, 6.45) is 6.26. The number of rotatable bonds is 7. The highest BCUT2D eigenvalue weighted by molar-refractivity contribution is 7.18. The average Bonchev–Trinajstić information content (AvgIpc) is 2.98. The van der Waals surface area contributed by atoms with Crippen LogP contribution in [0.2, 0.25) is 0 Å². The van der Waals surface area contributed by atoms with E-state index in [0.29, 0.717) is 0 Å². The molecule has 0 saturated heterocycles. The van der Waals surface area contributed by atoms with Gasteiger partial charge in [-0.3, -0.25) is 0 Å². The summed E-state index contributed by atoms with van der Waals surface area (Å²) in [4.78, 5) is 11.3. The molecule has 0 unspecified atom stereocenters. The van der Waals surface area contributed by atoms with Gasteiger partial charge in [0, 0.05) is 11.4 Å². The molecule has 0 radical (unpaired) electrons. The summed E-state index contributed by atoms with van der Waals surface area (Å²) in [5.41, 5.74) is 1.34. The molecule has 0 aliphatic carbocycles. The molecule has 0 aliphatic heterocycles. The monoisotopic (exact) mass is 311 g/mol. The number of aryl methyl sites for hydroxylation is 1. The Kier molecular flexibility index (Phi) is 5.01. The van der Waals surface area contributed by atoms with Crippen molar-refractivity contribution in [3.8, 4) is 0 Å². The molecular formula is C18H21N3S. The lowest BCUT2D eigenvalue weighted by atomic mass is 10.1. The molecule has 0 saturated carbocycles. The summed E-state index contributed by atoms with van der Waals surface area (Å²) < 4.78 is 0. The van der Waals surface area contributed by atoms with Gasteiger partial charge in [-0.1, -0.05) is 43.7 Å². The van der Waals surface area contributed by atoms with Crippen molar-refractivity contribution in [3.05, 3.63) is 53.2 Å². The van der Waals surface area contributed by atoms with Gasteiger partial charge in [0.15, 0.2) is 0 Å². The molecule has 0 spiro atoms. The van der Waals surface area contributed by atoms with Crippen molar-refractivity contribution >= 4 is 27.4 Å². The number of aromatic nitrogens is 2. The molecule has 3 nitrogen and oxygen atoms in total. The Morgan fingerprint density at radius 2 is 1.95 bits per heavy atom. The van der Waals surface area contributed by atoms with Crippen LogP contribution in [0.25, 0.3) is 10.2 Å². The molecule has 2 aromatic heterocycles. The highest BCUT2D eigenvalue weighted by atomic mass is 32.1. The minimum absolute atomic E-state index is 0.885. The summed E-state index contributed by atoms with van der Waals surface area (Å²) >= 11 is 1.79. The Balaban J connectivity index is 1.69. The van der Waals surface area contributed by atoms with Gasteiger partial charge in [0.2, 0.25) is 0 Å². The maximum absolute atomic E-state index is 4.42. The van der Waals surface area contributed by atoms with Crippen LogP contribution in [0.4, 0.5) is 5.82 Å². The van der Waals surface area contributed by atoms with Crippen LogP contribution in [-0.4, -0.2) is 16.5 Å². The minimum atomic E-state index is 0.885. The Hall–Kier alpha value is -1.94. The maximum Gasteiger partial charge on any atom is 0.138 e. The van der Waals surface area contributed by atoms with Crippen molar-refractivity contribution in [1.82, 2.24) is 9.97 Å². The average molecular weight is 311 g/mol. The summed E-state index contributed by atoms with van der Waals surface area (Å²) in [5, 5.41) is 4.62. The fourth-order valence-corrected chi connectivity index (χ4v) is 3.53. The van der Waals surface area contributed by atoms with E-state index in [0.717, 1.165) is 35.4 Å². The highest BCUT2D eigenvalue weighted by Gasteiger charge is 2.08. The minimum Gasteiger partial charge on any atom is -0.369 e. The summed E-state index contributed by atoms with van der Waals surface area (Å²) in [5.74, 6) is 0.958. The van der Waals surface area contributed by atoms with Gasteiger partial charge in [-0.15, -0.1) is 11.3 Å². The smallest absolute Gasteiger partial charge is 0.138 e. The van der Waals surface area contributed by atoms with Gasteiger partial charge in [0.25, 0.3) is 0 Å². The third kappa shape index (κ3) is 3.63. The Morgan fingerprint density at radius 3 is 2.77 bits per heavy atom. The van der Waals surface area contributed by atoms with Crippen molar-refractivity contribution in [1.29, 1.82) is 0 Å². The van der Waals surface area contributed by atoms with Crippen LogP contribution < -0.4 is 5.32 Å². The van der Waals surface area contributed by atoms with E-state index in [9.17, 15) is 0 Å². The SMILES string of the molecule is CCCCc1cc2c(NCCc3ccccc3)ncnc2s1. The second kappa shape index (κ2) is 7.36. The number of thiophene rings is 1. The lowest BCUT2D eigenvalue weighted by molar-refractivity contribution is 0.804. The molecule has 1 aromatic carbocycles. The molecule has 0 amide bonds. The number of benzene rings is 1. The maximum atomic E-state index is 4.42. The van der Waals surface area contributed by atoms with Gasteiger partial charge in [0.1, 0.15) is 17.0 Å². The van der Waals surface area contributed by atoms with E-state index in [1.807, 2.05) is 6.07 Å². The van der Waals surface area contributed by atoms with E-state index < -0.39 is 0 Å². The normalized spacial score (nSPS) is 11.0. The van der Waals surface area contributed by atoms with Crippen LogP contribution in [-0.2, 0) is 12.8 Å². The van der Waals surface area contributed by atoms with Crippen LogP contribution in [0.3, 0.4) is 0 Å². The number of fused-ring (bicyclic) bond motifs is 1. The van der Waals surface area contributed by atoms with Crippen LogP contribution in [0.5, 0.6) is 0 Å². The fraction of sp³-hybridized carbons (Fsp3) is 0.333. The number of nitrogens with one attached hydrogen (secondary N) is 1. The van der Waals surface area contributed by atoms with Gasteiger partial charge < -0.3 is 5.32 Å². The predicted octanol–water partition coefficient (Wildman–Crippen LogP) is 4.69. The topological polar surface area (TPSA) is 37.8 Å². The van der Waals surface area contributed by atoms with E-state index in [2.05, 4.69) is 52.5 Å². The van der Waals surface area contributed by atoms with Gasteiger partial charge in [0.05, 0.1) is 5.39 Å². The predicted molar refractivity (Wildman–Crippen MR) is 94.7 cm³/mol. The molecule has 2 heterocycles. The Bertz CT molecular complexity index is 722. The zero-order valence-electron chi connectivity index (χ0n) is 12.9. The van der Waals surface area contributed by atoms with Crippen LogP contribution in [0.1, 0.15) is 30.2 Å². The molecule has 4 heteroatoms. The molecule has 114 valence electrons.